The highest BCUT2D eigenvalue weighted by atomic mass is 16.5. The van der Waals surface area contributed by atoms with Crippen LogP contribution in [0.2, 0.25) is 0 Å². The fourth-order valence-corrected chi connectivity index (χ4v) is 3.42. The van der Waals surface area contributed by atoms with Crippen LogP contribution in [0.5, 0.6) is 0 Å². The molecule has 1 rings (SSSR count). The first-order valence-electron chi connectivity index (χ1n) is 10.3. The van der Waals surface area contributed by atoms with Gasteiger partial charge in [0.15, 0.2) is 0 Å². The number of rotatable bonds is 11. The van der Waals surface area contributed by atoms with Crippen molar-refractivity contribution in [1.29, 1.82) is 0 Å². The minimum atomic E-state index is -0.158. The summed E-state index contributed by atoms with van der Waals surface area (Å²) in [5.41, 5.74) is 0. The highest BCUT2D eigenvalue weighted by Crippen LogP contribution is 2.31. The second kappa shape index (κ2) is 12.3. The van der Waals surface area contributed by atoms with Crippen molar-refractivity contribution >= 4 is 11.9 Å². The molecule has 1 aliphatic carbocycles. The maximum absolute atomic E-state index is 12.2. The molecule has 0 spiro atoms. The number of ether oxygens (including phenoxy) is 2. The predicted molar refractivity (Wildman–Crippen MR) is 100 cm³/mol. The summed E-state index contributed by atoms with van der Waals surface area (Å²) in [5, 5.41) is 0. The number of hydrogen-bond donors (Lipinski definition) is 0. The molecule has 4 nitrogen and oxygen atoms in total. The lowest BCUT2D eigenvalue weighted by molar-refractivity contribution is -0.157. The SMILES string of the molecule is CC(C)CCCCCCCOC(=O)C1CCCC(C(=O)OC(C)C)C1. The molecule has 0 saturated heterocycles. The third-order valence-electron chi connectivity index (χ3n) is 4.86. The first kappa shape index (κ1) is 22.0. The molecular weight excluding hydrogens is 316 g/mol. The Hall–Kier alpha value is -1.06. The fraction of sp³-hybridized carbons (Fsp3) is 0.905. The third kappa shape index (κ3) is 9.86. The quantitative estimate of drug-likeness (QED) is 0.374. The van der Waals surface area contributed by atoms with Gasteiger partial charge in [-0.25, -0.2) is 0 Å². The van der Waals surface area contributed by atoms with Crippen LogP contribution in [-0.2, 0) is 19.1 Å². The molecule has 1 saturated carbocycles. The van der Waals surface area contributed by atoms with E-state index in [1.807, 2.05) is 13.8 Å². The van der Waals surface area contributed by atoms with Crippen LogP contribution < -0.4 is 0 Å². The average Bonchev–Trinajstić information content (AvgIpc) is 2.56. The Labute approximate surface area is 154 Å². The van der Waals surface area contributed by atoms with E-state index < -0.39 is 0 Å². The lowest BCUT2D eigenvalue weighted by Crippen LogP contribution is -2.30. The molecule has 146 valence electrons. The van der Waals surface area contributed by atoms with Crippen molar-refractivity contribution in [3.05, 3.63) is 0 Å². The monoisotopic (exact) mass is 354 g/mol. The van der Waals surface area contributed by atoms with Crippen LogP contribution in [0.15, 0.2) is 0 Å². The molecule has 0 aliphatic heterocycles. The van der Waals surface area contributed by atoms with E-state index in [1.165, 1.54) is 25.7 Å². The summed E-state index contributed by atoms with van der Waals surface area (Å²) in [6.45, 7) is 8.75. The summed E-state index contributed by atoms with van der Waals surface area (Å²) < 4.78 is 10.7. The van der Waals surface area contributed by atoms with Crippen molar-refractivity contribution in [1.82, 2.24) is 0 Å². The van der Waals surface area contributed by atoms with Crippen molar-refractivity contribution in [3.63, 3.8) is 0 Å². The van der Waals surface area contributed by atoms with Gasteiger partial charge in [0.05, 0.1) is 24.5 Å². The zero-order valence-electron chi connectivity index (χ0n) is 16.7. The lowest BCUT2D eigenvalue weighted by atomic mass is 9.81. The van der Waals surface area contributed by atoms with Gasteiger partial charge in [-0.3, -0.25) is 9.59 Å². The van der Waals surface area contributed by atoms with Crippen LogP contribution >= 0.6 is 0 Å². The molecule has 0 N–H and O–H groups in total. The fourth-order valence-electron chi connectivity index (χ4n) is 3.42. The molecule has 2 atom stereocenters. The molecule has 2 unspecified atom stereocenters. The molecule has 1 aliphatic rings. The summed E-state index contributed by atoms with van der Waals surface area (Å²) in [7, 11) is 0. The molecule has 0 aromatic heterocycles. The summed E-state index contributed by atoms with van der Waals surface area (Å²) in [6.07, 6.45) is 10.2. The molecule has 0 radical (unpaired) electrons. The van der Waals surface area contributed by atoms with Crippen LogP contribution in [0.25, 0.3) is 0 Å². The zero-order valence-corrected chi connectivity index (χ0v) is 16.7. The molecule has 0 bridgehead atoms. The molecule has 25 heavy (non-hydrogen) atoms. The van der Waals surface area contributed by atoms with E-state index >= 15 is 0 Å². The van der Waals surface area contributed by atoms with E-state index in [4.69, 9.17) is 9.47 Å². The Kier molecular flexibility index (Phi) is 10.8. The van der Waals surface area contributed by atoms with Crippen molar-refractivity contribution < 1.29 is 19.1 Å². The van der Waals surface area contributed by atoms with Crippen molar-refractivity contribution in [3.8, 4) is 0 Å². The summed E-state index contributed by atoms with van der Waals surface area (Å²) in [5.74, 6) is 0.230. The van der Waals surface area contributed by atoms with E-state index in [1.54, 1.807) is 0 Å². The lowest BCUT2D eigenvalue weighted by Gasteiger charge is -2.27. The number of carbonyl (C=O) groups is 2. The highest BCUT2D eigenvalue weighted by molar-refractivity contribution is 5.76. The minimum Gasteiger partial charge on any atom is -0.465 e. The van der Waals surface area contributed by atoms with Gasteiger partial charge in [0.1, 0.15) is 0 Å². The Morgan fingerprint density at radius 3 is 2.12 bits per heavy atom. The highest BCUT2D eigenvalue weighted by Gasteiger charge is 2.33. The van der Waals surface area contributed by atoms with Gasteiger partial charge >= 0.3 is 11.9 Å². The third-order valence-corrected chi connectivity index (χ3v) is 4.86. The van der Waals surface area contributed by atoms with E-state index in [-0.39, 0.29) is 29.9 Å². The van der Waals surface area contributed by atoms with Gasteiger partial charge in [0.25, 0.3) is 0 Å². The molecule has 4 heteroatoms. The van der Waals surface area contributed by atoms with Crippen molar-refractivity contribution in [2.24, 2.45) is 17.8 Å². The smallest absolute Gasteiger partial charge is 0.309 e. The molecule has 0 aromatic carbocycles. The Morgan fingerprint density at radius 1 is 0.880 bits per heavy atom. The standard InChI is InChI=1S/C21H38O4/c1-16(2)11-8-6-5-7-9-14-24-20(22)18-12-10-13-19(15-18)21(23)25-17(3)4/h16-19H,5-15H2,1-4H3. The van der Waals surface area contributed by atoms with Gasteiger partial charge in [-0.2, -0.15) is 0 Å². The van der Waals surface area contributed by atoms with E-state index in [2.05, 4.69) is 13.8 Å². The number of hydrogen-bond acceptors (Lipinski definition) is 4. The normalized spacial score (nSPS) is 20.7. The summed E-state index contributed by atoms with van der Waals surface area (Å²) in [4.78, 5) is 24.3. The first-order valence-corrected chi connectivity index (χ1v) is 10.3. The van der Waals surface area contributed by atoms with Gasteiger partial charge in [0, 0.05) is 0 Å². The van der Waals surface area contributed by atoms with Crippen LogP contribution in [0.4, 0.5) is 0 Å². The predicted octanol–water partition coefficient (Wildman–Crippen LogP) is 5.28. The largest absolute Gasteiger partial charge is 0.465 e. The van der Waals surface area contributed by atoms with Crippen LogP contribution in [0.1, 0.15) is 91.9 Å². The minimum absolute atomic E-state index is 0.0969. The van der Waals surface area contributed by atoms with Gasteiger partial charge in [-0.15, -0.1) is 0 Å². The molecule has 1 fully saturated rings. The maximum atomic E-state index is 12.2. The Bertz CT molecular complexity index is 389. The maximum Gasteiger partial charge on any atom is 0.309 e. The van der Waals surface area contributed by atoms with E-state index in [0.717, 1.165) is 38.0 Å². The van der Waals surface area contributed by atoms with Crippen molar-refractivity contribution in [2.75, 3.05) is 6.61 Å². The first-order chi connectivity index (χ1) is 11.9. The van der Waals surface area contributed by atoms with Gasteiger partial charge in [-0.1, -0.05) is 52.4 Å². The molecule has 0 heterocycles. The number of esters is 2. The molecule has 0 aromatic rings. The van der Waals surface area contributed by atoms with Crippen LogP contribution in [0, 0.1) is 17.8 Å². The van der Waals surface area contributed by atoms with E-state index in [0.29, 0.717) is 13.0 Å². The topological polar surface area (TPSA) is 52.6 Å². The second-order valence-corrected chi connectivity index (χ2v) is 8.16. The number of carbonyl (C=O) groups excluding carboxylic acids is 2. The number of unbranched alkanes of at least 4 members (excludes halogenated alkanes) is 4. The molecule has 0 amide bonds. The Balaban J connectivity index is 2.14. The van der Waals surface area contributed by atoms with Gasteiger partial charge in [-0.05, 0) is 45.4 Å². The Morgan fingerprint density at radius 2 is 1.48 bits per heavy atom. The van der Waals surface area contributed by atoms with Crippen LogP contribution in [-0.4, -0.2) is 24.6 Å². The molecular formula is C21H38O4. The second-order valence-electron chi connectivity index (χ2n) is 8.16. The summed E-state index contributed by atoms with van der Waals surface area (Å²) >= 11 is 0. The average molecular weight is 355 g/mol. The van der Waals surface area contributed by atoms with Gasteiger partial charge < -0.3 is 9.47 Å². The zero-order chi connectivity index (χ0) is 18.7. The van der Waals surface area contributed by atoms with E-state index in [9.17, 15) is 9.59 Å². The van der Waals surface area contributed by atoms with Crippen molar-refractivity contribution in [2.45, 2.75) is 98.0 Å². The van der Waals surface area contributed by atoms with Crippen LogP contribution in [0.3, 0.4) is 0 Å². The summed E-state index contributed by atoms with van der Waals surface area (Å²) in [6, 6.07) is 0. The van der Waals surface area contributed by atoms with Gasteiger partial charge in [0.2, 0.25) is 0 Å².